The Balaban J connectivity index is 1.25. The molecule has 3 aromatic heterocycles. The summed E-state index contributed by atoms with van der Waals surface area (Å²) >= 11 is 0. The second-order valence-corrected chi connectivity index (χ2v) is 14.6. The highest BCUT2D eigenvalue weighted by Gasteiger charge is 2.24. The summed E-state index contributed by atoms with van der Waals surface area (Å²) in [6.07, 6.45) is 0. The molecule has 58 heavy (non-hydrogen) atoms. The summed E-state index contributed by atoms with van der Waals surface area (Å²) in [5, 5.41) is 9.19. The maximum atomic E-state index is 5.33. The number of hydrogen-bond acceptors (Lipinski definition) is 4. The molecule has 0 radical (unpaired) electrons. The van der Waals surface area contributed by atoms with Gasteiger partial charge in [-0.15, -0.1) is 0 Å². The predicted octanol–water partition coefficient (Wildman–Crippen LogP) is 12.8. The van der Waals surface area contributed by atoms with Gasteiger partial charge in [0.25, 0.3) is 0 Å². The Bertz CT molecular complexity index is 3460. The van der Waals surface area contributed by atoms with E-state index in [9.17, 15) is 0 Å². The monoisotopic (exact) mass is 740 g/mol. The summed E-state index contributed by atoms with van der Waals surface area (Å²) < 4.78 is 4.59. The first-order chi connectivity index (χ1) is 28.8. The lowest BCUT2D eigenvalue weighted by molar-refractivity contribution is 0.955. The van der Waals surface area contributed by atoms with Gasteiger partial charge in [-0.2, -0.15) is 9.97 Å². The Morgan fingerprint density at radius 1 is 0.310 bits per heavy atom. The van der Waals surface area contributed by atoms with Crippen molar-refractivity contribution in [3.63, 3.8) is 0 Å². The first-order valence-corrected chi connectivity index (χ1v) is 19.5. The van der Waals surface area contributed by atoms with E-state index in [1.165, 1.54) is 5.39 Å². The number of hydrogen-bond donors (Lipinski definition) is 0. The molecular weight excluding hydrogens is 709 g/mol. The fraction of sp³-hybridized carbons (Fsp3) is 0. The highest BCUT2D eigenvalue weighted by atomic mass is 15.2. The first-order valence-electron chi connectivity index (χ1n) is 19.5. The molecule has 0 unspecified atom stereocenters. The van der Waals surface area contributed by atoms with E-state index in [1.807, 2.05) is 36.4 Å². The molecule has 12 rings (SSSR count). The number of imidazole rings is 1. The summed E-state index contributed by atoms with van der Waals surface area (Å²) in [4.78, 5) is 20.9. The average molecular weight is 741 g/mol. The minimum Gasteiger partial charge on any atom is -0.292 e. The van der Waals surface area contributed by atoms with Crippen molar-refractivity contribution in [2.24, 2.45) is 0 Å². The molecule has 0 fully saturated rings. The van der Waals surface area contributed by atoms with Crippen LogP contribution in [0.15, 0.2) is 194 Å². The molecule has 0 spiro atoms. The molecule has 0 saturated carbocycles. The van der Waals surface area contributed by atoms with E-state index in [-0.39, 0.29) is 0 Å². The van der Waals surface area contributed by atoms with Crippen LogP contribution in [-0.2, 0) is 0 Å². The summed E-state index contributed by atoms with van der Waals surface area (Å²) in [6, 6.07) is 67.8. The van der Waals surface area contributed by atoms with E-state index in [2.05, 4.69) is 167 Å². The quantitative estimate of drug-likeness (QED) is 0.165. The zero-order valence-electron chi connectivity index (χ0n) is 31.2. The second-order valence-electron chi connectivity index (χ2n) is 14.6. The van der Waals surface area contributed by atoms with Crippen molar-refractivity contribution in [1.29, 1.82) is 0 Å². The third-order valence-electron chi connectivity index (χ3n) is 11.3. The van der Waals surface area contributed by atoms with Crippen LogP contribution in [0.4, 0.5) is 0 Å². The molecule has 0 N–H and O–H groups in total. The Morgan fingerprint density at radius 2 is 0.776 bits per heavy atom. The molecule has 0 bridgehead atoms. The smallest absolute Gasteiger partial charge is 0.238 e. The number of fused-ring (bicyclic) bond motifs is 12. The maximum absolute atomic E-state index is 5.33. The lowest BCUT2D eigenvalue weighted by Gasteiger charge is -2.16. The molecule has 9 aromatic carbocycles. The number of rotatable bonds is 5. The zero-order valence-corrected chi connectivity index (χ0v) is 31.2. The molecule has 6 heteroatoms. The number of nitrogens with zero attached hydrogens (tertiary/aromatic N) is 6. The topological polar surface area (TPSA) is 61.4 Å². The van der Waals surface area contributed by atoms with Gasteiger partial charge in [0.2, 0.25) is 5.95 Å². The molecule has 0 saturated heterocycles. The Labute approximate surface area is 333 Å². The molecule has 0 aliphatic heterocycles. The van der Waals surface area contributed by atoms with Crippen molar-refractivity contribution in [1.82, 2.24) is 29.1 Å². The van der Waals surface area contributed by atoms with Gasteiger partial charge in [-0.25, -0.2) is 9.97 Å². The summed E-state index contributed by atoms with van der Waals surface area (Å²) in [5.74, 6) is 2.72. The van der Waals surface area contributed by atoms with Crippen LogP contribution in [0, 0.1) is 0 Å². The Hall–Kier alpha value is -7.96. The molecule has 0 amide bonds. The normalized spacial score (nSPS) is 11.8. The van der Waals surface area contributed by atoms with Crippen molar-refractivity contribution in [2.45, 2.75) is 0 Å². The van der Waals surface area contributed by atoms with Crippen molar-refractivity contribution < 1.29 is 0 Å². The van der Waals surface area contributed by atoms with Crippen molar-refractivity contribution >= 4 is 65.2 Å². The highest BCUT2D eigenvalue weighted by Crippen LogP contribution is 2.45. The van der Waals surface area contributed by atoms with Crippen LogP contribution in [0.25, 0.3) is 111 Å². The molecule has 12 aromatic rings. The van der Waals surface area contributed by atoms with Gasteiger partial charge in [0, 0.05) is 43.9 Å². The molecule has 6 nitrogen and oxygen atoms in total. The molecule has 270 valence electrons. The molecule has 0 atom stereocenters. The molecule has 0 aliphatic carbocycles. The van der Waals surface area contributed by atoms with E-state index in [0.29, 0.717) is 17.6 Å². The summed E-state index contributed by atoms with van der Waals surface area (Å²) in [6.45, 7) is 0. The van der Waals surface area contributed by atoms with E-state index in [0.717, 1.165) is 88.0 Å². The van der Waals surface area contributed by atoms with Gasteiger partial charge in [-0.3, -0.25) is 9.13 Å². The van der Waals surface area contributed by atoms with Crippen molar-refractivity contribution in [2.75, 3.05) is 0 Å². The zero-order chi connectivity index (χ0) is 38.2. The third-order valence-corrected chi connectivity index (χ3v) is 11.3. The number of benzene rings is 9. The van der Waals surface area contributed by atoms with Gasteiger partial charge in [0.05, 0.1) is 22.1 Å². The average Bonchev–Trinajstić information content (AvgIpc) is 3.87. The lowest BCUT2D eigenvalue weighted by Crippen LogP contribution is -2.06. The largest absolute Gasteiger partial charge is 0.292 e. The highest BCUT2D eigenvalue weighted by molar-refractivity contribution is 6.36. The first kappa shape index (κ1) is 32.3. The van der Waals surface area contributed by atoms with Gasteiger partial charge < -0.3 is 0 Å². The van der Waals surface area contributed by atoms with Crippen LogP contribution >= 0.6 is 0 Å². The summed E-state index contributed by atoms with van der Waals surface area (Å²) in [7, 11) is 0. The van der Waals surface area contributed by atoms with Crippen molar-refractivity contribution in [3.05, 3.63) is 194 Å². The number of aromatic nitrogens is 6. The van der Waals surface area contributed by atoms with Gasteiger partial charge in [-0.05, 0) is 45.8 Å². The molecular formula is C52H32N6. The number of para-hydroxylation sites is 2. The predicted molar refractivity (Wildman–Crippen MR) is 238 cm³/mol. The fourth-order valence-corrected chi connectivity index (χ4v) is 8.85. The lowest BCUT2D eigenvalue weighted by atomic mass is 9.92. The van der Waals surface area contributed by atoms with E-state index in [1.54, 1.807) is 0 Å². The third kappa shape index (κ3) is 4.85. The van der Waals surface area contributed by atoms with Gasteiger partial charge >= 0.3 is 0 Å². The van der Waals surface area contributed by atoms with Crippen molar-refractivity contribution in [3.8, 4) is 45.8 Å². The van der Waals surface area contributed by atoms with Crippen LogP contribution in [0.1, 0.15) is 0 Å². The van der Waals surface area contributed by atoms with Gasteiger partial charge in [-0.1, -0.05) is 170 Å². The summed E-state index contributed by atoms with van der Waals surface area (Å²) in [5.41, 5.74) is 8.11. The second kappa shape index (κ2) is 12.8. The fourth-order valence-electron chi connectivity index (χ4n) is 8.85. The standard InChI is InChI=1S/C52H32N6/c1-5-17-33(18-6-1)49-54-50(34-19-7-2-8-20-34)56-52(55-49)58-44-28-16-15-25-37(44)42-30-29-40-41-31-32-43-48(46(41)39-27-14-13-26-38(39)45(40)47(42)58)57(36-23-11-4-12-24-36)51(53-43)35-21-9-3-10-22-35/h1-32H. The van der Waals surface area contributed by atoms with Gasteiger partial charge in [0.15, 0.2) is 11.6 Å². The Morgan fingerprint density at radius 3 is 1.40 bits per heavy atom. The van der Waals surface area contributed by atoms with E-state index < -0.39 is 0 Å². The van der Waals surface area contributed by atoms with Crippen LogP contribution in [0.3, 0.4) is 0 Å². The minimum absolute atomic E-state index is 0.570. The maximum Gasteiger partial charge on any atom is 0.238 e. The SMILES string of the molecule is c1ccc(-c2nc(-c3ccccc3)nc(-n3c4ccccc4c4ccc5c6ccc7nc(-c8ccccc8)n(-c8ccccc8)c7c6c6ccccc6c5c43)n2)cc1. The van der Waals surface area contributed by atoms with Crippen LogP contribution in [0.5, 0.6) is 0 Å². The Kier molecular flexibility index (Phi) is 7.13. The van der Waals surface area contributed by atoms with E-state index in [4.69, 9.17) is 19.9 Å². The van der Waals surface area contributed by atoms with Gasteiger partial charge in [0.1, 0.15) is 5.82 Å². The molecule has 0 aliphatic rings. The van der Waals surface area contributed by atoms with Crippen LogP contribution in [-0.4, -0.2) is 29.1 Å². The van der Waals surface area contributed by atoms with E-state index >= 15 is 0 Å². The molecule has 3 heterocycles. The van der Waals surface area contributed by atoms with Crippen LogP contribution in [0.2, 0.25) is 0 Å². The van der Waals surface area contributed by atoms with Crippen LogP contribution < -0.4 is 0 Å². The minimum atomic E-state index is 0.570.